The van der Waals surface area contributed by atoms with Crippen molar-refractivity contribution < 1.29 is 23.0 Å². The summed E-state index contributed by atoms with van der Waals surface area (Å²) >= 11 is 0. The summed E-state index contributed by atoms with van der Waals surface area (Å²) in [5.74, 6) is 0.602. The molecule has 154 valence electrons. The molecule has 2 aliphatic rings. The van der Waals surface area contributed by atoms with Crippen LogP contribution in [0.1, 0.15) is 38.5 Å². The van der Waals surface area contributed by atoms with Crippen molar-refractivity contribution in [2.75, 3.05) is 26.2 Å². The molecule has 0 amide bonds. The van der Waals surface area contributed by atoms with Gasteiger partial charge in [-0.3, -0.25) is 0 Å². The lowest BCUT2D eigenvalue weighted by Gasteiger charge is -2.47. The maximum atomic E-state index is 12.3. The van der Waals surface area contributed by atoms with Crippen LogP contribution in [0.3, 0.4) is 0 Å². The number of aliphatic hydroxyl groups excluding tert-OH is 1. The minimum atomic E-state index is -3.26. The van der Waals surface area contributed by atoms with Gasteiger partial charge in [-0.2, -0.15) is 0 Å². The third-order valence-electron chi connectivity index (χ3n) is 6.18. The first kappa shape index (κ1) is 22.3. The van der Waals surface area contributed by atoms with Crippen LogP contribution in [-0.4, -0.2) is 60.0 Å². The van der Waals surface area contributed by atoms with Crippen LogP contribution in [0.4, 0.5) is 0 Å². The van der Waals surface area contributed by atoms with Crippen molar-refractivity contribution in [2.45, 2.75) is 76.4 Å². The van der Waals surface area contributed by atoms with Crippen LogP contribution in [0.2, 0.25) is 25.7 Å². The Kier molecular flexibility index (Phi) is 7.72. The molecule has 8 heteroatoms. The van der Waals surface area contributed by atoms with Gasteiger partial charge >= 0.3 is 0 Å². The zero-order chi connectivity index (χ0) is 19.4. The highest BCUT2D eigenvalue weighted by Crippen LogP contribution is 2.55. The van der Waals surface area contributed by atoms with Crippen LogP contribution in [0, 0.1) is 11.3 Å². The highest BCUT2D eigenvalue weighted by atomic mass is 32.2. The van der Waals surface area contributed by atoms with E-state index in [4.69, 9.17) is 9.47 Å². The predicted octanol–water partition coefficient (Wildman–Crippen LogP) is 2.56. The van der Waals surface area contributed by atoms with Crippen molar-refractivity contribution in [1.82, 2.24) is 4.72 Å². The molecule has 2 rings (SSSR count). The largest absolute Gasteiger partial charge is 0.392 e. The first-order valence-corrected chi connectivity index (χ1v) is 15.2. The van der Waals surface area contributed by atoms with Crippen LogP contribution in [0.15, 0.2) is 0 Å². The summed E-state index contributed by atoms with van der Waals surface area (Å²) < 4.78 is 38.5. The van der Waals surface area contributed by atoms with Crippen LogP contribution >= 0.6 is 0 Å². The van der Waals surface area contributed by atoms with Crippen molar-refractivity contribution in [3.8, 4) is 0 Å². The number of hydrogen-bond donors (Lipinski definition) is 2. The quantitative estimate of drug-likeness (QED) is 0.429. The second-order valence-corrected chi connectivity index (χ2v) is 16.7. The molecule has 2 N–H and O–H groups in total. The molecule has 6 nitrogen and oxygen atoms in total. The summed E-state index contributed by atoms with van der Waals surface area (Å²) in [6, 6.07) is 0.762. The van der Waals surface area contributed by atoms with E-state index in [1.165, 1.54) is 0 Å². The van der Waals surface area contributed by atoms with Gasteiger partial charge in [0.25, 0.3) is 0 Å². The SMILES string of the molecule is COCO[C@H]1CC[C@H]2CCC[C@@H](O)[C@]21CCNS(=O)(=O)CC[Si](C)(C)C. The molecule has 4 atom stereocenters. The van der Waals surface area contributed by atoms with Gasteiger partial charge in [-0.1, -0.05) is 26.1 Å². The number of aliphatic hydroxyl groups is 1. The highest BCUT2D eigenvalue weighted by molar-refractivity contribution is 7.89. The van der Waals surface area contributed by atoms with E-state index in [9.17, 15) is 13.5 Å². The van der Waals surface area contributed by atoms with E-state index in [1.807, 2.05) is 0 Å². The Labute approximate surface area is 160 Å². The van der Waals surface area contributed by atoms with Crippen LogP contribution in [0.25, 0.3) is 0 Å². The summed E-state index contributed by atoms with van der Waals surface area (Å²) in [6.45, 7) is 7.13. The lowest BCUT2D eigenvalue weighted by atomic mass is 9.63. The molecule has 0 aromatic carbocycles. The standard InChI is InChI=1S/C18H37NO5SSi/c1-23-14-24-17-9-8-15-6-5-7-16(20)18(15,17)10-11-19-25(21,22)12-13-26(2,3)4/h15-17,19-20H,5-14H2,1-4H3/t15-,16-,17+,18+/m1/s1. The minimum absolute atomic E-state index is 0.0609. The van der Waals surface area contributed by atoms with Crippen LogP contribution in [0.5, 0.6) is 0 Å². The summed E-state index contributed by atoms with van der Waals surface area (Å²) in [4.78, 5) is 0. The number of hydrogen-bond acceptors (Lipinski definition) is 5. The van der Waals surface area contributed by atoms with E-state index in [0.717, 1.165) is 38.1 Å². The Morgan fingerprint density at radius 2 is 1.92 bits per heavy atom. The monoisotopic (exact) mass is 407 g/mol. The first-order valence-electron chi connectivity index (χ1n) is 9.87. The van der Waals surface area contributed by atoms with Gasteiger partial charge in [-0.05, 0) is 44.1 Å². The third-order valence-corrected chi connectivity index (χ3v) is 9.67. The molecule has 0 aromatic heterocycles. The lowest BCUT2D eigenvalue weighted by molar-refractivity contribution is -0.161. The molecule has 0 aliphatic heterocycles. The molecule has 2 aliphatic carbocycles. The van der Waals surface area contributed by atoms with Crippen LogP contribution in [-0.2, 0) is 19.5 Å². The number of methoxy groups -OCH3 is 1. The fourth-order valence-electron chi connectivity index (χ4n) is 4.74. The van der Waals surface area contributed by atoms with Gasteiger partial charge in [0.15, 0.2) is 0 Å². The average molecular weight is 408 g/mol. The summed E-state index contributed by atoms with van der Waals surface area (Å²) in [5, 5.41) is 10.8. The van der Waals surface area contributed by atoms with Gasteiger partial charge in [-0.25, -0.2) is 13.1 Å². The Bertz CT molecular complexity index is 550. The van der Waals surface area contributed by atoms with Crippen molar-refractivity contribution in [3.05, 3.63) is 0 Å². The molecule has 0 spiro atoms. The van der Waals surface area contributed by atoms with E-state index in [0.29, 0.717) is 18.9 Å². The molecule has 0 heterocycles. The van der Waals surface area contributed by atoms with Gasteiger partial charge in [-0.15, -0.1) is 0 Å². The van der Waals surface area contributed by atoms with Gasteiger partial charge in [0.1, 0.15) is 6.79 Å². The summed E-state index contributed by atoms with van der Waals surface area (Å²) in [5.41, 5.74) is -0.349. The molecule has 26 heavy (non-hydrogen) atoms. The topological polar surface area (TPSA) is 84.9 Å². The van der Waals surface area contributed by atoms with Gasteiger partial charge in [0.05, 0.1) is 18.0 Å². The average Bonchev–Trinajstić information content (AvgIpc) is 2.91. The Hall–Kier alpha value is 0.00688. The molecule has 0 bridgehead atoms. The second-order valence-electron chi connectivity index (χ2n) is 9.17. The molecular weight excluding hydrogens is 370 g/mol. The zero-order valence-corrected chi connectivity index (χ0v) is 18.6. The number of sulfonamides is 1. The fraction of sp³-hybridized carbons (Fsp3) is 1.00. The van der Waals surface area contributed by atoms with Gasteiger partial charge in [0, 0.05) is 27.1 Å². The predicted molar refractivity (Wildman–Crippen MR) is 106 cm³/mol. The summed E-state index contributed by atoms with van der Waals surface area (Å²) in [7, 11) is -3.05. The lowest BCUT2D eigenvalue weighted by Crippen LogP contribution is -2.51. The van der Waals surface area contributed by atoms with E-state index in [-0.39, 0.29) is 24.1 Å². The molecular formula is C18H37NO5SSi. The highest BCUT2D eigenvalue weighted by Gasteiger charge is 2.56. The Morgan fingerprint density at radius 1 is 1.19 bits per heavy atom. The van der Waals surface area contributed by atoms with Crippen molar-refractivity contribution in [3.63, 3.8) is 0 Å². The molecule has 0 saturated heterocycles. The van der Waals surface area contributed by atoms with Crippen LogP contribution < -0.4 is 4.72 Å². The maximum Gasteiger partial charge on any atom is 0.211 e. The number of rotatable bonds is 10. The van der Waals surface area contributed by atoms with Crippen molar-refractivity contribution in [1.29, 1.82) is 0 Å². The molecule has 0 unspecified atom stereocenters. The maximum absolute atomic E-state index is 12.3. The van der Waals surface area contributed by atoms with Gasteiger partial charge < -0.3 is 14.6 Å². The number of nitrogens with one attached hydrogen (secondary N) is 1. The first-order chi connectivity index (χ1) is 12.1. The third kappa shape index (κ3) is 5.51. The normalized spacial score (nSPS) is 32.6. The number of ether oxygens (including phenoxy) is 2. The minimum Gasteiger partial charge on any atom is -0.392 e. The zero-order valence-electron chi connectivity index (χ0n) is 16.8. The van der Waals surface area contributed by atoms with Gasteiger partial charge in [0.2, 0.25) is 10.0 Å². The summed E-state index contributed by atoms with van der Waals surface area (Å²) in [6.07, 6.45) is 4.97. The second kappa shape index (κ2) is 9.00. The molecule has 0 radical (unpaired) electrons. The number of fused-ring (bicyclic) bond motifs is 1. The van der Waals surface area contributed by atoms with E-state index >= 15 is 0 Å². The molecule has 2 fully saturated rings. The van der Waals surface area contributed by atoms with E-state index in [2.05, 4.69) is 24.4 Å². The smallest absolute Gasteiger partial charge is 0.211 e. The van der Waals surface area contributed by atoms with E-state index in [1.54, 1.807) is 7.11 Å². The Balaban J connectivity index is 2.00. The van der Waals surface area contributed by atoms with Crippen molar-refractivity contribution >= 4 is 18.1 Å². The van der Waals surface area contributed by atoms with E-state index < -0.39 is 24.2 Å². The Morgan fingerprint density at radius 3 is 2.58 bits per heavy atom. The van der Waals surface area contributed by atoms with Crippen molar-refractivity contribution in [2.24, 2.45) is 11.3 Å². The molecule has 2 saturated carbocycles. The molecule has 0 aromatic rings. The fourth-order valence-corrected chi connectivity index (χ4v) is 8.82.